The maximum absolute atomic E-state index is 13.0. The van der Waals surface area contributed by atoms with E-state index < -0.39 is 11.7 Å². The van der Waals surface area contributed by atoms with Gasteiger partial charge in [-0.05, 0) is 25.5 Å². The summed E-state index contributed by atoms with van der Waals surface area (Å²) in [6.07, 6.45) is -0.689. The minimum Gasteiger partial charge on any atom is -0.354 e. The molecule has 3 aromatic heterocycles. The fraction of sp³-hybridized carbons (Fsp3) is 0.444. The number of alkyl halides is 3. The second-order valence-electron chi connectivity index (χ2n) is 7.34. The highest BCUT2D eigenvalue weighted by atomic mass is 19.4. The number of hydrogen-bond donors (Lipinski definition) is 0. The van der Waals surface area contributed by atoms with Gasteiger partial charge in [0.15, 0.2) is 0 Å². The first-order chi connectivity index (χ1) is 13.4. The molecule has 5 rings (SSSR count). The Balaban J connectivity index is 1.44. The van der Waals surface area contributed by atoms with Crippen molar-refractivity contribution >= 4 is 17.4 Å². The SMILES string of the molecule is Cc1cc(N2CCC3CN(c4cc(C(F)(F)F)ccn4)CC32)n2ncnc2n1. The smallest absolute Gasteiger partial charge is 0.354 e. The van der Waals surface area contributed by atoms with E-state index in [0.717, 1.165) is 36.6 Å². The van der Waals surface area contributed by atoms with Crippen LogP contribution in [0.1, 0.15) is 17.7 Å². The molecule has 5 heterocycles. The Labute approximate surface area is 158 Å². The van der Waals surface area contributed by atoms with Crippen LogP contribution in [0.15, 0.2) is 30.7 Å². The van der Waals surface area contributed by atoms with Crippen molar-refractivity contribution in [2.45, 2.75) is 25.6 Å². The summed E-state index contributed by atoms with van der Waals surface area (Å²) in [5.74, 6) is 2.21. The lowest BCUT2D eigenvalue weighted by molar-refractivity contribution is -0.137. The number of halogens is 3. The van der Waals surface area contributed by atoms with Gasteiger partial charge in [0, 0.05) is 43.5 Å². The molecule has 3 aromatic rings. The zero-order valence-electron chi connectivity index (χ0n) is 15.1. The molecule has 2 saturated heterocycles. The first-order valence-corrected chi connectivity index (χ1v) is 9.12. The topological polar surface area (TPSA) is 62.5 Å². The summed E-state index contributed by atoms with van der Waals surface area (Å²) in [6.45, 7) is 4.10. The standard InChI is InChI=1S/C18H18F3N7/c1-11-6-16(28-17(25-11)23-10-24-28)27-5-3-12-8-26(9-14(12)27)15-7-13(2-4-22-15)18(19,20)21/h2,4,6-7,10,12,14H,3,5,8-9H2,1H3. The molecule has 7 nitrogen and oxygen atoms in total. The molecule has 146 valence electrons. The molecule has 0 N–H and O–H groups in total. The molecule has 0 aromatic carbocycles. The number of fused-ring (bicyclic) bond motifs is 2. The van der Waals surface area contributed by atoms with Gasteiger partial charge in [0.25, 0.3) is 5.78 Å². The maximum atomic E-state index is 13.0. The van der Waals surface area contributed by atoms with Crippen molar-refractivity contribution in [2.24, 2.45) is 5.92 Å². The third-order valence-electron chi connectivity index (χ3n) is 5.60. The highest BCUT2D eigenvalue weighted by molar-refractivity contribution is 5.52. The molecule has 2 fully saturated rings. The van der Waals surface area contributed by atoms with Crippen LogP contribution in [0.25, 0.3) is 5.78 Å². The van der Waals surface area contributed by atoms with E-state index in [2.05, 4.69) is 25.0 Å². The predicted molar refractivity (Wildman–Crippen MR) is 96.2 cm³/mol. The van der Waals surface area contributed by atoms with Gasteiger partial charge in [0.2, 0.25) is 0 Å². The Hall–Kier alpha value is -2.91. The molecule has 0 spiro atoms. The molecule has 0 bridgehead atoms. The normalized spacial score (nSPS) is 22.3. The Morgan fingerprint density at radius 1 is 1.14 bits per heavy atom. The predicted octanol–water partition coefficient (Wildman–Crippen LogP) is 2.56. The molecule has 2 atom stereocenters. The van der Waals surface area contributed by atoms with E-state index >= 15 is 0 Å². The number of hydrogen-bond acceptors (Lipinski definition) is 6. The minimum absolute atomic E-state index is 0.186. The number of aromatic nitrogens is 5. The Bertz CT molecular complexity index is 1030. The van der Waals surface area contributed by atoms with Gasteiger partial charge in [-0.1, -0.05) is 0 Å². The molecule has 0 amide bonds. The van der Waals surface area contributed by atoms with E-state index in [1.165, 1.54) is 12.5 Å². The highest BCUT2D eigenvalue weighted by Crippen LogP contribution is 2.38. The van der Waals surface area contributed by atoms with Crippen molar-refractivity contribution in [1.82, 2.24) is 24.6 Å². The Morgan fingerprint density at radius 2 is 2.00 bits per heavy atom. The molecule has 2 unspecified atom stereocenters. The van der Waals surface area contributed by atoms with Crippen LogP contribution in [-0.2, 0) is 6.18 Å². The van der Waals surface area contributed by atoms with Gasteiger partial charge in [0.1, 0.15) is 18.0 Å². The molecule has 28 heavy (non-hydrogen) atoms. The molecular formula is C18H18F3N7. The van der Waals surface area contributed by atoms with Crippen LogP contribution < -0.4 is 9.80 Å². The number of anilines is 2. The van der Waals surface area contributed by atoms with Crippen molar-refractivity contribution < 1.29 is 13.2 Å². The Morgan fingerprint density at radius 3 is 2.82 bits per heavy atom. The summed E-state index contributed by atoms with van der Waals surface area (Å²) in [5, 5.41) is 4.28. The third-order valence-corrected chi connectivity index (χ3v) is 5.60. The monoisotopic (exact) mass is 389 g/mol. The molecule has 2 aliphatic heterocycles. The highest BCUT2D eigenvalue weighted by Gasteiger charge is 2.43. The first kappa shape index (κ1) is 17.2. The second-order valence-corrected chi connectivity index (χ2v) is 7.34. The first-order valence-electron chi connectivity index (χ1n) is 9.12. The molecule has 2 aliphatic rings. The van der Waals surface area contributed by atoms with Crippen LogP contribution in [-0.4, -0.2) is 50.2 Å². The summed E-state index contributed by atoms with van der Waals surface area (Å²) >= 11 is 0. The van der Waals surface area contributed by atoms with Crippen molar-refractivity contribution in [2.75, 3.05) is 29.4 Å². The summed E-state index contributed by atoms with van der Waals surface area (Å²) in [7, 11) is 0. The van der Waals surface area contributed by atoms with Crippen LogP contribution >= 0.6 is 0 Å². The molecule has 0 radical (unpaired) electrons. The third kappa shape index (κ3) is 2.74. The van der Waals surface area contributed by atoms with Gasteiger partial charge in [-0.2, -0.15) is 27.8 Å². The molecule has 10 heteroatoms. The fourth-order valence-electron chi connectivity index (χ4n) is 4.32. The lowest BCUT2D eigenvalue weighted by atomic mass is 10.1. The van der Waals surface area contributed by atoms with Crippen molar-refractivity contribution in [3.63, 3.8) is 0 Å². The molecule has 0 aliphatic carbocycles. The van der Waals surface area contributed by atoms with Crippen LogP contribution in [0, 0.1) is 12.8 Å². The van der Waals surface area contributed by atoms with Gasteiger partial charge in [-0.3, -0.25) is 0 Å². The average molecular weight is 389 g/mol. The summed E-state index contributed by atoms with van der Waals surface area (Å²) < 4.78 is 40.9. The van der Waals surface area contributed by atoms with Gasteiger partial charge >= 0.3 is 6.18 Å². The van der Waals surface area contributed by atoms with Gasteiger partial charge in [0.05, 0.1) is 11.6 Å². The van der Waals surface area contributed by atoms with Crippen LogP contribution in [0.4, 0.5) is 24.8 Å². The van der Waals surface area contributed by atoms with Gasteiger partial charge in [-0.15, -0.1) is 0 Å². The van der Waals surface area contributed by atoms with E-state index in [9.17, 15) is 13.2 Å². The zero-order valence-corrected chi connectivity index (χ0v) is 15.1. The second kappa shape index (κ2) is 6.05. The van der Waals surface area contributed by atoms with Gasteiger partial charge in [-0.25, -0.2) is 9.97 Å². The summed E-state index contributed by atoms with van der Waals surface area (Å²) in [5.41, 5.74) is 0.189. The summed E-state index contributed by atoms with van der Waals surface area (Å²) in [6, 6.07) is 4.31. The number of aryl methyl sites for hydroxylation is 1. The lowest BCUT2D eigenvalue weighted by Crippen LogP contribution is -2.36. The van der Waals surface area contributed by atoms with E-state index in [4.69, 9.17) is 0 Å². The van der Waals surface area contributed by atoms with E-state index in [0.29, 0.717) is 30.6 Å². The Kier molecular flexibility index (Phi) is 3.72. The maximum Gasteiger partial charge on any atom is 0.416 e. The van der Waals surface area contributed by atoms with Crippen molar-refractivity contribution in [1.29, 1.82) is 0 Å². The summed E-state index contributed by atoms with van der Waals surface area (Å²) in [4.78, 5) is 17.0. The molecule has 0 saturated carbocycles. The number of rotatable bonds is 2. The van der Waals surface area contributed by atoms with E-state index in [1.54, 1.807) is 4.52 Å². The average Bonchev–Trinajstić information content (AvgIpc) is 3.35. The van der Waals surface area contributed by atoms with Crippen LogP contribution in [0.3, 0.4) is 0 Å². The quantitative estimate of drug-likeness (QED) is 0.671. The lowest BCUT2D eigenvalue weighted by Gasteiger charge is -2.27. The fourth-order valence-corrected chi connectivity index (χ4v) is 4.32. The van der Waals surface area contributed by atoms with Crippen LogP contribution in [0.5, 0.6) is 0 Å². The van der Waals surface area contributed by atoms with Crippen molar-refractivity contribution in [3.05, 3.63) is 42.0 Å². The zero-order chi connectivity index (χ0) is 19.5. The number of pyridine rings is 1. The molecular weight excluding hydrogens is 371 g/mol. The number of nitrogens with zero attached hydrogens (tertiary/aromatic N) is 7. The van der Waals surface area contributed by atoms with E-state index in [-0.39, 0.29) is 6.04 Å². The van der Waals surface area contributed by atoms with E-state index in [1.807, 2.05) is 17.9 Å². The largest absolute Gasteiger partial charge is 0.416 e. The van der Waals surface area contributed by atoms with Crippen LogP contribution in [0.2, 0.25) is 0 Å². The van der Waals surface area contributed by atoms with Crippen molar-refractivity contribution in [3.8, 4) is 0 Å². The minimum atomic E-state index is -4.37. The van der Waals surface area contributed by atoms with Gasteiger partial charge < -0.3 is 9.80 Å².